The summed E-state index contributed by atoms with van der Waals surface area (Å²) in [4.78, 5) is 16.5. The molecule has 2 heterocycles. The van der Waals surface area contributed by atoms with Gasteiger partial charge in [-0.15, -0.1) is 5.10 Å². The topological polar surface area (TPSA) is 83.7 Å². The fourth-order valence-corrected chi connectivity index (χ4v) is 3.66. The third-order valence-corrected chi connectivity index (χ3v) is 5.32. The highest BCUT2D eigenvalue weighted by atomic mass is 16.5. The fraction of sp³-hybridized carbons (Fsp3) is 0.550. The van der Waals surface area contributed by atoms with Crippen molar-refractivity contribution in [3.63, 3.8) is 0 Å². The molecule has 0 unspecified atom stereocenters. The normalized spacial score (nSPS) is 17.5. The van der Waals surface area contributed by atoms with Crippen molar-refractivity contribution in [2.75, 3.05) is 33.3 Å². The number of carbonyl (C=O) groups is 1. The summed E-state index contributed by atoms with van der Waals surface area (Å²) in [6.45, 7) is 7.65. The van der Waals surface area contributed by atoms with Gasteiger partial charge in [-0.2, -0.15) is 0 Å². The molecule has 3 rings (SSSR count). The third-order valence-electron chi connectivity index (χ3n) is 5.32. The Morgan fingerprint density at radius 3 is 2.82 bits per heavy atom. The minimum absolute atomic E-state index is 0.0768. The highest BCUT2D eigenvalue weighted by Crippen LogP contribution is 2.27. The Morgan fingerprint density at radius 1 is 1.36 bits per heavy atom. The van der Waals surface area contributed by atoms with E-state index >= 15 is 0 Å². The van der Waals surface area contributed by atoms with E-state index in [0.29, 0.717) is 31.1 Å². The van der Waals surface area contributed by atoms with Gasteiger partial charge in [-0.25, -0.2) is 4.68 Å². The van der Waals surface area contributed by atoms with Gasteiger partial charge in [-0.3, -0.25) is 9.69 Å². The number of ether oxygens (including phenoxy) is 1. The Labute approximate surface area is 165 Å². The second-order valence-electron chi connectivity index (χ2n) is 7.09. The SMILES string of the molecule is CCN(CC)C(=O)c1cn([C@@H]2CCCN(Cc3ccc(OC)cc3O)C2)nn1. The maximum atomic E-state index is 12.5. The van der Waals surface area contributed by atoms with Gasteiger partial charge in [-0.1, -0.05) is 11.3 Å². The van der Waals surface area contributed by atoms with E-state index in [9.17, 15) is 9.90 Å². The average molecular weight is 387 g/mol. The number of likely N-dealkylation sites (tertiary alicyclic amines) is 1. The van der Waals surface area contributed by atoms with E-state index in [1.165, 1.54) is 0 Å². The lowest BCUT2D eigenvalue weighted by molar-refractivity contribution is 0.0767. The molecule has 0 aliphatic carbocycles. The number of phenols is 1. The van der Waals surface area contributed by atoms with Gasteiger partial charge < -0.3 is 14.7 Å². The van der Waals surface area contributed by atoms with E-state index in [1.54, 1.807) is 24.3 Å². The zero-order valence-corrected chi connectivity index (χ0v) is 16.8. The van der Waals surface area contributed by atoms with Crippen LogP contribution in [0.15, 0.2) is 24.4 Å². The van der Waals surface area contributed by atoms with E-state index in [2.05, 4.69) is 15.2 Å². The van der Waals surface area contributed by atoms with Gasteiger partial charge in [0.05, 0.1) is 19.3 Å². The molecule has 8 nitrogen and oxygen atoms in total. The predicted octanol–water partition coefficient (Wildman–Crippen LogP) is 2.31. The van der Waals surface area contributed by atoms with Crippen molar-refractivity contribution >= 4 is 5.91 Å². The zero-order valence-electron chi connectivity index (χ0n) is 16.8. The molecule has 1 aliphatic heterocycles. The van der Waals surface area contributed by atoms with Gasteiger partial charge in [0.1, 0.15) is 11.5 Å². The second-order valence-corrected chi connectivity index (χ2v) is 7.09. The van der Waals surface area contributed by atoms with Crippen LogP contribution in [0.5, 0.6) is 11.5 Å². The van der Waals surface area contributed by atoms with E-state index in [1.807, 2.05) is 30.7 Å². The van der Waals surface area contributed by atoms with Crippen LogP contribution >= 0.6 is 0 Å². The van der Waals surface area contributed by atoms with Crippen molar-refractivity contribution in [2.24, 2.45) is 0 Å². The molecule has 0 radical (unpaired) electrons. The Kier molecular flexibility index (Phi) is 6.51. The zero-order chi connectivity index (χ0) is 20.1. The van der Waals surface area contributed by atoms with Crippen LogP contribution in [0.2, 0.25) is 0 Å². The number of benzene rings is 1. The van der Waals surface area contributed by atoms with Crippen LogP contribution in [-0.2, 0) is 6.54 Å². The highest BCUT2D eigenvalue weighted by molar-refractivity contribution is 5.91. The molecule has 1 aromatic carbocycles. The molecule has 0 saturated carbocycles. The number of aromatic nitrogens is 3. The van der Waals surface area contributed by atoms with Crippen molar-refractivity contribution in [1.29, 1.82) is 0 Å². The number of phenolic OH excluding ortho intramolecular Hbond substituents is 1. The van der Waals surface area contributed by atoms with E-state index in [-0.39, 0.29) is 17.7 Å². The molecule has 2 aromatic rings. The van der Waals surface area contributed by atoms with E-state index < -0.39 is 0 Å². The molecule has 1 fully saturated rings. The summed E-state index contributed by atoms with van der Waals surface area (Å²) in [7, 11) is 1.58. The van der Waals surface area contributed by atoms with Crippen molar-refractivity contribution in [2.45, 2.75) is 39.3 Å². The smallest absolute Gasteiger partial charge is 0.276 e. The molecule has 1 aliphatic rings. The number of hydrogen-bond acceptors (Lipinski definition) is 6. The Hall–Kier alpha value is -2.61. The first-order chi connectivity index (χ1) is 13.5. The maximum Gasteiger partial charge on any atom is 0.276 e. The monoisotopic (exact) mass is 387 g/mol. The summed E-state index contributed by atoms with van der Waals surface area (Å²) in [6.07, 6.45) is 3.79. The molecule has 1 aromatic heterocycles. The quantitative estimate of drug-likeness (QED) is 0.785. The van der Waals surface area contributed by atoms with Crippen LogP contribution in [-0.4, -0.2) is 69.1 Å². The Balaban J connectivity index is 1.66. The predicted molar refractivity (Wildman–Crippen MR) is 105 cm³/mol. The van der Waals surface area contributed by atoms with Crippen LogP contribution in [0, 0.1) is 0 Å². The molecule has 152 valence electrons. The van der Waals surface area contributed by atoms with Crippen LogP contribution in [0.3, 0.4) is 0 Å². The number of aromatic hydroxyl groups is 1. The highest BCUT2D eigenvalue weighted by Gasteiger charge is 2.25. The molecule has 0 spiro atoms. The molecule has 8 heteroatoms. The molecule has 1 amide bonds. The summed E-state index contributed by atoms with van der Waals surface area (Å²) in [6, 6.07) is 5.56. The van der Waals surface area contributed by atoms with Gasteiger partial charge in [0.25, 0.3) is 5.91 Å². The summed E-state index contributed by atoms with van der Waals surface area (Å²) in [5.74, 6) is 0.812. The number of piperidine rings is 1. The largest absolute Gasteiger partial charge is 0.507 e. The van der Waals surface area contributed by atoms with Gasteiger partial charge in [0.2, 0.25) is 0 Å². The van der Waals surface area contributed by atoms with E-state index in [4.69, 9.17) is 4.74 Å². The van der Waals surface area contributed by atoms with Crippen molar-refractivity contribution in [3.8, 4) is 11.5 Å². The van der Waals surface area contributed by atoms with Gasteiger partial charge in [-0.05, 0) is 39.3 Å². The number of amides is 1. The van der Waals surface area contributed by atoms with Crippen molar-refractivity contribution in [1.82, 2.24) is 24.8 Å². The van der Waals surface area contributed by atoms with E-state index in [0.717, 1.165) is 31.5 Å². The summed E-state index contributed by atoms with van der Waals surface area (Å²) >= 11 is 0. The number of nitrogens with zero attached hydrogens (tertiary/aromatic N) is 5. The third kappa shape index (κ3) is 4.44. The molecule has 28 heavy (non-hydrogen) atoms. The van der Waals surface area contributed by atoms with Crippen LogP contribution < -0.4 is 4.74 Å². The Morgan fingerprint density at radius 2 is 2.14 bits per heavy atom. The number of carbonyl (C=O) groups excluding carboxylic acids is 1. The average Bonchev–Trinajstić information content (AvgIpc) is 3.21. The summed E-state index contributed by atoms with van der Waals surface area (Å²) in [5.41, 5.74) is 1.27. The fourth-order valence-electron chi connectivity index (χ4n) is 3.66. The maximum absolute atomic E-state index is 12.5. The first-order valence-corrected chi connectivity index (χ1v) is 9.85. The van der Waals surface area contributed by atoms with Gasteiger partial charge in [0.15, 0.2) is 5.69 Å². The number of rotatable bonds is 7. The molecular formula is C20H29N5O3. The van der Waals surface area contributed by atoms with Crippen LogP contribution in [0.4, 0.5) is 0 Å². The lowest BCUT2D eigenvalue weighted by atomic mass is 10.0. The minimum Gasteiger partial charge on any atom is -0.507 e. The standard InChI is InChI=1S/C20H29N5O3/c1-4-24(5-2)20(27)18-14-25(22-21-18)16-7-6-10-23(13-16)12-15-8-9-17(28-3)11-19(15)26/h8-9,11,14,16,26H,4-7,10,12-13H2,1-3H3/t16-/m1/s1. The minimum atomic E-state index is -0.0768. The van der Waals surface area contributed by atoms with Gasteiger partial charge >= 0.3 is 0 Å². The first kappa shape index (κ1) is 20.1. The van der Waals surface area contributed by atoms with Crippen LogP contribution in [0.25, 0.3) is 0 Å². The summed E-state index contributed by atoms with van der Waals surface area (Å²) < 4.78 is 6.96. The molecule has 1 saturated heterocycles. The Bertz CT molecular complexity index is 803. The first-order valence-electron chi connectivity index (χ1n) is 9.85. The second kappa shape index (κ2) is 9.05. The van der Waals surface area contributed by atoms with Gasteiger partial charge in [0, 0.05) is 37.8 Å². The number of hydrogen-bond donors (Lipinski definition) is 1. The molecular weight excluding hydrogens is 358 g/mol. The summed E-state index contributed by atoms with van der Waals surface area (Å²) in [5, 5.41) is 18.5. The molecule has 0 bridgehead atoms. The lowest BCUT2D eigenvalue weighted by Gasteiger charge is -2.32. The van der Waals surface area contributed by atoms with Crippen LogP contribution in [0.1, 0.15) is 48.8 Å². The van der Waals surface area contributed by atoms with Crippen molar-refractivity contribution in [3.05, 3.63) is 35.7 Å². The number of methoxy groups -OCH3 is 1. The molecule has 1 N–H and O–H groups in total. The van der Waals surface area contributed by atoms with Crippen molar-refractivity contribution < 1.29 is 14.6 Å². The lowest BCUT2D eigenvalue weighted by Crippen LogP contribution is -2.36. The molecule has 1 atom stereocenters.